The lowest BCUT2D eigenvalue weighted by molar-refractivity contribution is -0.138. The molecule has 8 bridgehead atoms. The molecule has 5 rings (SSSR count). The van der Waals surface area contributed by atoms with Crippen LogP contribution in [0, 0.1) is 13.8 Å². The van der Waals surface area contributed by atoms with Crippen LogP contribution in [0.3, 0.4) is 0 Å². The number of fused-ring (bicyclic) bond motifs is 8. The highest BCUT2D eigenvalue weighted by Crippen LogP contribution is 2.35. The van der Waals surface area contributed by atoms with Crippen LogP contribution in [-0.2, 0) is 22.4 Å². The van der Waals surface area contributed by atoms with Crippen LogP contribution in [0.1, 0.15) is 71.7 Å². The first-order valence-electron chi connectivity index (χ1n) is 13.8. The molecule has 5 heterocycles. The average molecular weight is 571 g/mol. The Balaban J connectivity index is 1.94. The Morgan fingerprint density at radius 2 is 1.02 bits per heavy atom. The van der Waals surface area contributed by atoms with E-state index in [1.165, 1.54) is 0 Å². The number of hydrogen-bond acceptors (Lipinski definition) is 6. The van der Waals surface area contributed by atoms with Crippen LogP contribution >= 0.6 is 0 Å². The number of aliphatic hydroxyl groups is 2. The molecule has 6 N–H and O–H groups in total. The van der Waals surface area contributed by atoms with Gasteiger partial charge in [-0.2, -0.15) is 0 Å². The molecule has 3 aromatic rings. The standard InChI is InChI=1S/C32H34N4O6/c1-15-19(5-7-31(39)40)27-12-28-20(6-8-32(41)42)16(2)25(34-28)10-29-22(14-38)18(4)26(36-29)11-30-21(13-37)17(3)24(35-30)9-23(15)33-27/h9-12,33-34,37-38H,5-8,13-14H2,1-4H3,(H,39,40)(H,41,42). The molecule has 218 valence electrons. The number of rotatable bonds is 8. The Morgan fingerprint density at radius 3 is 1.45 bits per heavy atom. The van der Waals surface area contributed by atoms with Crippen LogP contribution in [0.5, 0.6) is 0 Å². The maximum Gasteiger partial charge on any atom is 0.303 e. The summed E-state index contributed by atoms with van der Waals surface area (Å²) in [5.74, 6) is -1.81. The van der Waals surface area contributed by atoms with Crippen molar-refractivity contribution >= 4 is 56.3 Å². The first-order chi connectivity index (χ1) is 20.0. The van der Waals surface area contributed by atoms with Crippen molar-refractivity contribution in [2.45, 2.75) is 53.4 Å². The zero-order chi connectivity index (χ0) is 30.3. The van der Waals surface area contributed by atoms with Crippen LogP contribution in [0.15, 0.2) is 24.3 Å². The quantitative estimate of drug-likeness (QED) is 0.224. The molecule has 42 heavy (non-hydrogen) atoms. The van der Waals surface area contributed by atoms with E-state index < -0.39 is 11.9 Å². The summed E-state index contributed by atoms with van der Waals surface area (Å²) >= 11 is 0. The molecule has 0 saturated heterocycles. The van der Waals surface area contributed by atoms with E-state index in [0.29, 0.717) is 52.3 Å². The first-order valence-corrected chi connectivity index (χ1v) is 13.8. The molecule has 0 aromatic carbocycles. The molecule has 10 heteroatoms. The zero-order valence-corrected chi connectivity index (χ0v) is 24.1. The van der Waals surface area contributed by atoms with Crippen molar-refractivity contribution in [1.29, 1.82) is 0 Å². The highest BCUT2D eigenvalue weighted by Gasteiger charge is 2.21. The largest absolute Gasteiger partial charge is 0.481 e. The van der Waals surface area contributed by atoms with Gasteiger partial charge in [-0.15, -0.1) is 0 Å². The lowest BCUT2D eigenvalue weighted by atomic mass is 10.0. The summed E-state index contributed by atoms with van der Waals surface area (Å²) in [5.41, 5.74) is 11.8. The molecule has 0 amide bonds. The molecule has 0 unspecified atom stereocenters. The van der Waals surface area contributed by atoms with E-state index in [1.54, 1.807) is 0 Å². The Labute approximate surface area is 242 Å². The maximum atomic E-state index is 11.5. The van der Waals surface area contributed by atoms with Crippen molar-refractivity contribution in [3.05, 3.63) is 69.3 Å². The maximum absolute atomic E-state index is 11.5. The number of aromatic nitrogens is 4. The fourth-order valence-corrected chi connectivity index (χ4v) is 5.72. The van der Waals surface area contributed by atoms with Gasteiger partial charge < -0.3 is 30.4 Å². The average Bonchev–Trinajstić information content (AvgIpc) is 3.59. The third kappa shape index (κ3) is 5.26. The second-order valence-corrected chi connectivity index (χ2v) is 10.8. The van der Waals surface area contributed by atoms with E-state index in [4.69, 9.17) is 9.97 Å². The summed E-state index contributed by atoms with van der Waals surface area (Å²) in [6, 6.07) is 7.47. The number of aliphatic hydroxyl groups excluding tert-OH is 2. The van der Waals surface area contributed by atoms with Crippen molar-refractivity contribution in [3.8, 4) is 0 Å². The summed E-state index contributed by atoms with van der Waals surface area (Å²) in [7, 11) is 0. The predicted molar refractivity (Wildman–Crippen MR) is 162 cm³/mol. The molecular formula is C32H34N4O6. The minimum Gasteiger partial charge on any atom is -0.481 e. The molecule has 0 fully saturated rings. The zero-order valence-electron chi connectivity index (χ0n) is 24.1. The molecule has 2 aliphatic heterocycles. The number of nitrogens with zero attached hydrogens (tertiary/aromatic N) is 2. The summed E-state index contributed by atoms with van der Waals surface area (Å²) in [5, 5.41) is 39.3. The fraction of sp³-hybridized carbons (Fsp3) is 0.312. The topological polar surface area (TPSA) is 172 Å². The van der Waals surface area contributed by atoms with Crippen molar-refractivity contribution < 1.29 is 30.0 Å². The fourth-order valence-electron chi connectivity index (χ4n) is 5.72. The molecule has 0 spiro atoms. The van der Waals surface area contributed by atoms with Gasteiger partial charge in [0.15, 0.2) is 0 Å². The Morgan fingerprint density at radius 1 is 0.619 bits per heavy atom. The second-order valence-electron chi connectivity index (χ2n) is 10.8. The molecule has 0 atom stereocenters. The van der Waals surface area contributed by atoms with Gasteiger partial charge in [0.2, 0.25) is 0 Å². The monoisotopic (exact) mass is 570 g/mol. The Bertz CT molecular complexity index is 1860. The summed E-state index contributed by atoms with van der Waals surface area (Å²) in [4.78, 5) is 39.5. The highest BCUT2D eigenvalue weighted by atomic mass is 16.4. The Kier molecular flexibility index (Phi) is 7.85. The summed E-state index contributed by atoms with van der Waals surface area (Å²) < 4.78 is 0. The van der Waals surface area contributed by atoms with Gasteiger partial charge in [-0.25, -0.2) is 9.97 Å². The number of aryl methyl sites for hydroxylation is 4. The van der Waals surface area contributed by atoms with E-state index in [2.05, 4.69) is 9.97 Å². The summed E-state index contributed by atoms with van der Waals surface area (Å²) in [6.07, 6.45) is 0.486. The van der Waals surface area contributed by atoms with E-state index in [0.717, 1.165) is 50.0 Å². The van der Waals surface area contributed by atoms with Crippen LogP contribution < -0.4 is 0 Å². The van der Waals surface area contributed by atoms with Crippen molar-refractivity contribution in [2.75, 3.05) is 13.2 Å². The van der Waals surface area contributed by atoms with Crippen molar-refractivity contribution in [1.82, 2.24) is 19.9 Å². The van der Waals surface area contributed by atoms with Crippen molar-refractivity contribution in [2.24, 2.45) is 0 Å². The second kappa shape index (κ2) is 11.4. The molecular weight excluding hydrogens is 536 g/mol. The number of H-pyrrole nitrogens is 2. The van der Waals surface area contributed by atoms with Gasteiger partial charge in [-0.3, -0.25) is 9.59 Å². The van der Waals surface area contributed by atoms with Crippen molar-refractivity contribution in [3.63, 3.8) is 0 Å². The van der Waals surface area contributed by atoms with Crippen LogP contribution in [-0.4, -0.2) is 65.5 Å². The molecule has 2 aliphatic rings. The number of carbonyl (C=O) groups is 2. The molecule has 3 aromatic heterocycles. The van der Waals surface area contributed by atoms with Gasteiger partial charge in [0.25, 0.3) is 0 Å². The van der Waals surface area contributed by atoms with Gasteiger partial charge in [-0.05, 0) is 98.2 Å². The molecule has 0 radical (unpaired) electrons. The summed E-state index contributed by atoms with van der Waals surface area (Å²) in [6.45, 7) is 7.21. The number of nitrogens with one attached hydrogen (secondary N) is 2. The number of carboxylic acids is 2. The molecule has 0 aliphatic carbocycles. The van der Waals surface area contributed by atoms with E-state index in [9.17, 15) is 30.0 Å². The van der Waals surface area contributed by atoms with Gasteiger partial charge >= 0.3 is 11.9 Å². The highest BCUT2D eigenvalue weighted by molar-refractivity contribution is 5.96. The number of aromatic amines is 2. The van der Waals surface area contributed by atoms with Gasteiger partial charge in [0.1, 0.15) is 0 Å². The van der Waals surface area contributed by atoms with Crippen LogP contribution in [0.4, 0.5) is 0 Å². The number of aliphatic carboxylic acids is 2. The smallest absolute Gasteiger partial charge is 0.303 e. The van der Waals surface area contributed by atoms with E-state index >= 15 is 0 Å². The van der Waals surface area contributed by atoms with Gasteiger partial charge in [0.05, 0.1) is 36.0 Å². The number of carboxylic acid groups (broad SMARTS) is 2. The SMILES string of the molecule is CC1=C(CO)c2cc3nc(cc4[nH]c(cc5[nH]c(cc1n2)c(C)c5CCC(=O)O)c(CCC(=O)O)c4C)C(CO)=C3C. The van der Waals surface area contributed by atoms with E-state index in [-0.39, 0.29) is 26.1 Å². The number of allylic oxidation sites excluding steroid dienone is 2. The van der Waals surface area contributed by atoms with Crippen LogP contribution in [0.2, 0.25) is 0 Å². The third-order valence-corrected chi connectivity index (χ3v) is 8.29. The third-order valence-electron chi connectivity index (χ3n) is 8.29. The molecule has 0 saturated carbocycles. The minimum absolute atomic E-state index is 0.0525. The Hall–Kier alpha value is -4.54. The lowest BCUT2D eigenvalue weighted by Crippen LogP contribution is -1.98. The van der Waals surface area contributed by atoms with E-state index in [1.807, 2.05) is 52.0 Å². The van der Waals surface area contributed by atoms with Crippen LogP contribution in [0.25, 0.3) is 44.4 Å². The van der Waals surface area contributed by atoms with Gasteiger partial charge in [-0.1, -0.05) is 0 Å². The minimum atomic E-state index is -0.907. The lowest BCUT2D eigenvalue weighted by Gasteiger charge is -2.01. The molecule has 10 nitrogen and oxygen atoms in total. The number of hydrogen-bond donors (Lipinski definition) is 6. The predicted octanol–water partition coefficient (Wildman–Crippen LogP) is 4.81. The normalized spacial score (nSPS) is 13.3. The van der Waals surface area contributed by atoms with Gasteiger partial charge in [0, 0.05) is 46.1 Å². The first kappa shape index (κ1) is 29.0.